The highest BCUT2D eigenvalue weighted by molar-refractivity contribution is 7.80. The number of anilines is 1. The molecule has 0 saturated carbocycles. The number of hydrogen-bond acceptors (Lipinski definition) is 4. The molecule has 0 saturated heterocycles. The fourth-order valence-electron chi connectivity index (χ4n) is 1.90. The molecule has 0 aliphatic carbocycles. The Hall–Kier alpha value is -2.14. The monoisotopic (exact) mass is 303 g/mol. The Labute approximate surface area is 129 Å². The number of methoxy groups -OCH3 is 2. The fraction of sp³-hybridized carbons (Fsp3) is 0.188. The summed E-state index contributed by atoms with van der Waals surface area (Å²) in [7, 11) is 3.13. The molecular weight excluding hydrogens is 286 g/mol. The van der Waals surface area contributed by atoms with Gasteiger partial charge in [-0.2, -0.15) is 0 Å². The normalized spacial score (nSPS) is 10.0. The van der Waals surface area contributed by atoms with E-state index in [1.54, 1.807) is 32.4 Å². The molecule has 0 radical (unpaired) electrons. The first-order valence-corrected chi connectivity index (χ1v) is 6.87. The minimum Gasteiger partial charge on any atom is -0.497 e. The number of carbonyl (C=O) groups is 1. The Morgan fingerprint density at radius 1 is 1.10 bits per heavy atom. The lowest BCUT2D eigenvalue weighted by Crippen LogP contribution is -2.15. The summed E-state index contributed by atoms with van der Waals surface area (Å²) in [4.78, 5) is 12.9. The highest BCUT2D eigenvalue weighted by Gasteiger charge is 2.09. The van der Waals surface area contributed by atoms with E-state index in [1.165, 1.54) is 0 Å². The number of carbonyl (C=O) groups excluding carboxylic acids is 1. The quantitative estimate of drug-likeness (QED) is 0.834. The average molecular weight is 303 g/mol. The van der Waals surface area contributed by atoms with Gasteiger partial charge in [-0.05, 0) is 29.8 Å². The van der Waals surface area contributed by atoms with Crippen LogP contribution in [0.1, 0.15) is 5.56 Å². The summed E-state index contributed by atoms with van der Waals surface area (Å²) >= 11 is 4.22. The zero-order chi connectivity index (χ0) is 15.2. The Balaban J connectivity index is 2.07. The topological polar surface area (TPSA) is 47.6 Å². The van der Waals surface area contributed by atoms with Crippen LogP contribution in [0.4, 0.5) is 5.69 Å². The third kappa shape index (κ3) is 4.16. The van der Waals surface area contributed by atoms with Gasteiger partial charge >= 0.3 is 0 Å². The second-order valence-corrected chi connectivity index (χ2v) is 4.97. The van der Waals surface area contributed by atoms with Crippen molar-refractivity contribution >= 4 is 24.2 Å². The van der Waals surface area contributed by atoms with Gasteiger partial charge in [-0.1, -0.05) is 12.1 Å². The van der Waals surface area contributed by atoms with Crippen LogP contribution in [0.3, 0.4) is 0 Å². The van der Waals surface area contributed by atoms with E-state index in [1.807, 2.05) is 24.3 Å². The van der Waals surface area contributed by atoms with Crippen molar-refractivity contribution in [3.05, 3.63) is 48.0 Å². The van der Waals surface area contributed by atoms with Gasteiger partial charge in [-0.3, -0.25) is 4.79 Å². The van der Waals surface area contributed by atoms with Crippen molar-refractivity contribution in [3.8, 4) is 11.5 Å². The second kappa shape index (κ2) is 7.04. The molecule has 1 amide bonds. The van der Waals surface area contributed by atoms with Gasteiger partial charge in [0.15, 0.2) is 0 Å². The predicted octanol–water partition coefficient (Wildman–Crippen LogP) is 3.17. The number of ether oxygens (including phenoxy) is 2. The van der Waals surface area contributed by atoms with Gasteiger partial charge in [0.1, 0.15) is 11.5 Å². The highest BCUT2D eigenvalue weighted by atomic mass is 32.1. The number of amides is 1. The van der Waals surface area contributed by atoms with Gasteiger partial charge in [-0.15, -0.1) is 12.6 Å². The number of benzene rings is 2. The van der Waals surface area contributed by atoms with Crippen molar-refractivity contribution in [2.45, 2.75) is 11.3 Å². The first kappa shape index (κ1) is 15.3. The number of rotatable bonds is 5. The maximum atomic E-state index is 12.1. The van der Waals surface area contributed by atoms with E-state index in [-0.39, 0.29) is 5.91 Å². The summed E-state index contributed by atoms with van der Waals surface area (Å²) in [5, 5.41) is 2.84. The lowest BCUT2D eigenvalue weighted by atomic mass is 10.1. The second-order valence-electron chi connectivity index (χ2n) is 4.46. The standard InChI is InChI=1S/C16H17NO3S/c1-19-12-5-8-14(15(10-12)20-2)17-16(18)9-11-3-6-13(21)7-4-11/h3-8,10,21H,9H2,1-2H3,(H,17,18). The molecule has 0 atom stereocenters. The summed E-state index contributed by atoms with van der Waals surface area (Å²) in [6.45, 7) is 0. The maximum absolute atomic E-state index is 12.1. The summed E-state index contributed by atoms with van der Waals surface area (Å²) in [5.41, 5.74) is 1.55. The Morgan fingerprint density at radius 3 is 2.43 bits per heavy atom. The molecule has 0 heterocycles. The van der Waals surface area contributed by atoms with Crippen LogP contribution >= 0.6 is 12.6 Å². The average Bonchev–Trinajstić information content (AvgIpc) is 2.50. The van der Waals surface area contributed by atoms with E-state index in [2.05, 4.69) is 17.9 Å². The molecule has 1 N–H and O–H groups in total. The molecule has 0 bridgehead atoms. The SMILES string of the molecule is COc1ccc(NC(=O)Cc2ccc(S)cc2)c(OC)c1. The molecule has 2 rings (SSSR count). The highest BCUT2D eigenvalue weighted by Crippen LogP contribution is 2.29. The van der Waals surface area contributed by atoms with Gasteiger partial charge < -0.3 is 14.8 Å². The van der Waals surface area contributed by atoms with E-state index < -0.39 is 0 Å². The van der Waals surface area contributed by atoms with E-state index >= 15 is 0 Å². The molecule has 0 spiro atoms. The van der Waals surface area contributed by atoms with Gasteiger partial charge in [0.2, 0.25) is 5.91 Å². The Kier molecular flexibility index (Phi) is 5.11. The zero-order valence-electron chi connectivity index (χ0n) is 11.9. The minimum atomic E-state index is -0.106. The van der Waals surface area contributed by atoms with Crippen molar-refractivity contribution in [2.24, 2.45) is 0 Å². The van der Waals surface area contributed by atoms with Crippen molar-refractivity contribution in [3.63, 3.8) is 0 Å². The molecule has 2 aromatic carbocycles. The summed E-state index contributed by atoms with van der Waals surface area (Å²) in [6, 6.07) is 12.7. The third-order valence-corrected chi connectivity index (χ3v) is 3.28. The molecule has 0 aliphatic heterocycles. The molecule has 5 heteroatoms. The molecule has 110 valence electrons. The molecule has 0 unspecified atom stereocenters. The number of nitrogens with one attached hydrogen (secondary N) is 1. The van der Waals surface area contributed by atoms with Crippen molar-refractivity contribution in [1.82, 2.24) is 0 Å². The smallest absolute Gasteiger partial charge is 0.228 e. The van der Waals surface area contributed by atoms with Crippen LogP contribution in [0.25, 0.3) is 0 Å². The Morgan fingerprint density at radius 2 is 1.81 bits per heavy atom. The number of thiol groups is 1. The van der Waals surface area contributed by atoms with Crippen LogP contribution in [-0.4, -0.2) is 20.1 Å². The molecule has 0 fully saturated rings. The first-order valence-electron chi connectivity index (χ1n) is 6.42. The molecule has 21 heavy (non-hydrogen) atoms. The molecule has 0 aromatic heterocycles. The van der Waals surface area contributed by atoms with Crippen LogP contribution in [0.5, 0.6) is 11.5 Å². The van der Waals surface area contributed by atoms with Crippen LogP contribution < -0.4 is 14.8 Å². The van der Waals surface area contributed by atoms with Crippen LogP contribution in [0.15, 0.2) is 47.4 Å². The van der Waals surface area contributed by atoms with E-state index in [0.29, 0.717) is 23.6 Å². The zero-order valence-corrected chi connectivity index (χ0v) is 12.8. The van der Waals surface area contributed by atoms with Crippen molar-refractivity contribution in [2.75, 3.05) is 19.5 Å². The summed E-state index contributed by atoms with van der Waals surface area (Å²) < 4.78 is 10.4. The summed E-state index contributed by atoms with van der Waals surface area (Å²) in [6.07, 6.45) is 0.295. The largest absolute Gasteiger partial charge is 0.497 e. The molecule has 4 nitrogen and oxygen atoms in total. The molecular formula is C16H17NO3S. The van der Waals surface area contributed by atoms with Gasteiger partial charge in [0.05, 0.1) is 26.3 Å². The van der Waals surface area contributed by atoms with Crippen molar-refractivity contribution in [1.29, 1.82) is 0 Å². The van der Waals surface area contributed by atoms with E-state index in [9.17, 15) is 4.79 Å². The summed E-state index contributed by atoms with van der Waals surface area (Å²) in [5.74, 6) is 1.13. The van der Waals surface area contributed by atoms with Crippen LogP contribution in [0.2, 0.25) is 0 Å². The first-order chi connectivity index (χ1) is 10.1. The molecule has 0 aliphatic rings. The Bertz CT molecular complexity index is 626. The van der Waals surface area contributed by atoms with Crippen LogP contribution in [-0.2, 0) is 11.2 Å². The lowest BCUT2D eigenvalue weighted by molar-refractivity contribution is -0.115. The van der Waals surface area contributed by atoms with Crippen molar-refractivity contribution < 1.29 is 14.3 Å². The van der Waals surface area contributed by atoms with Gasteiger partial charge in [-0.25, -0.2) is 0 Å². The lowest BCUT2D eigenvalue weighted by Gasteiger charge is -2.11. The van der Waals surface area contributed by atoms with E-state index in [4.69, 9.17) is 9.47 Å². The van der Waals surface area contributed by atoms with Gasteiger partial charge in [0, 0.05) is 11.0 Å². The van der Waals surface area contributed by atoms with Crippen LogP contribution in [0, 0.1) is 0 Å². The number of hydrogen-bond donors (Lipinski definition) is 2. The van der Waals surface area contributed by atoms with E-state index in [0.717, 1.165) is 10.5 Å². The fourth-order valence-corrected chi connectivity index (χ4v) is 2.04. The third-order valence-electron chi connectivity index (χ3n) is 2.98. The van der Waals surface area contributed by atoms with Gasteiger partial charge in [0.25, 0.3) is 0 Å². The minimum absolute atomic E-state index is 0.106. The predicted molar refractivity (Wildman–Crippen MR) is 85.6 cm³/mol. The maximum Gasteiger partial charge on any atom is 0.228 e. The molecule has 2 aromatic rings.